The Morgan fingerprint density at radius 3 is 1.22 bits per heavy atom. The molecule has 6 saturated carbocycles. The number of benzene rings is 1. The minimum absolute atomic E-state index is 0.807. The summed E-state index contributed by atoms with van der Waals surface area (Å²) in [5, 5.41) is 0. The van der Waals surface area contributed by atoms with Crippen LogP contribution in [0.1, 0.15) is 175 Å². The van der Waals surface area contributed by atoms with Gasteiger partial charge in [0.15, 0.2) is 0 Å². The number of rotatable bonds is 3. The summed E-state index contributed by atoms with van der Waals surface area (Å²) in [6, 6.07) is 5.63. The van der Waals surface area contributed by atoms with Gasteiger partial charge in [-0.05, 0) is 54.3 Å². The predicted octanol–water partition coefficient (Wildman–Crippen LogP) is 11.1. The van der Waals surface area contributed by atoms with E-state index in [0.29, 0.717) is 0 Å². The molecule has 1 aromatic carbocycles. The second-order valence-corrected chi connectivity index (χ2v) is 14.9. The first-order valence-corrected chi connectivity index (χ1v) is 17.3. The van der Waals surface area contributed by atoms with Crippen LogP contribution in [0.25, 0.3) is 0 Å². The molecule has 6 aliphatic carbocycles. The van der Waals surface area contributed by atoms with Crippen molar-refractivity contribution in [1.29, 1.82) is 0 Å². The minimum atomic E-state index is 0.807. The normalized spacial score (nSPS) is 42.3. The van der Waals surface area contributed by atoms with Gasteiger partial charge in [0.25, 0.3) is 0 Å². The molecule has 0 heteroatoms. The molecule has 0 bridgehead atoms. The predicted molar refractivity (Wildman–Crippen MR) is 157 cm³/mol. The van der Waals surface area contributed by atoms with Crippen LogP contribution in [0, 0.1) is 42.4 Å². The standard InChI is InChI=1S/C37H55/c1-25-36(34-21-9-15-27-12-3-6-18-31(27)34)23-29(33-20-8-14-26-11-2-5-17-30(26)33)24-37(25)35-22-10-16-28-13-4-7-19-32(28)35/h23-24,26-28,30-35H,1-22H2/q-1. The van der Waals surface area contributed by atoms with Crippen molar-refractivity contribution in [3.63, 3.8) is 0 Å². The molecule has 0 spiro atoms. The monoisotopic (exact) mass is 499 g/mol. The second kappa shape index (κ2) is 10.9. The second-order valence-electron chi connectivity index (χ2n) is 14.9. The molecule has 204 valence electrons. The molecule has 37 heavy (non-hydrogen) atoms. The Morgan fingerprint density at radius 1 is 0.405 bits per heavy atom. The van der Waals surface area contributed by atoms with Gasteiger partial charge < -0.3 is 0 Å². The van der Waals surface area contributed by atoms with Crippen molar-refractivity contribution < 1.29 is 0 Å². The summed E-state index contributed by atoms with van der Waals surface area (Å²) in [5.41, 5.74) is 6.86. The lowest BCUT2D eigenvalue weighted by Gasteiger charge is -2.48. The molecule has 7 rings (SSSR count). The fourth-order valence-electron chi connectivity index (χ4n) is 11.6. The van der Waals surface area contributed by atoms with E-state index in [0.717, 1.165) is 53.3 Å². The third kappa shape index (κ3) is 4.73. The maximum absolute atomic E-state index is 5.01. The zero-order valence-electron chi connectivity index (χ0n) is 23.9. The van der Waals surface area contributed by atoms with Crippen molar-refractivity contribution in [1.82, 2.24) is 0 Å². The Bertz CT molecular complexity index is 865. The lowest BCUT2D eigenvalue weighted by atomic mass is 9.59. The van der Waals surface area contributed by atoms with Gasteiger partial charge in [0.1, 0.15) is 0 Å². The summed E-state index contributed by atoms with van der Waals surface area (Å²) in [4.78, 5) is 0. The Hall–Kier alpha value is -0.910. The van der Waals surface area contributed by atoms with Crippen molar-refractivity contribution in [3.05, 3.63) is 41.3 Å². The fraction of sp³-hybridized carbons (Fsp3) is 0.811. The first-order valence-electron chi connectivity index (χ1n) is 17.3. The highest BCUT2D eigenvalue weighted by molar-refractivity contribution is 5.47. The molecule has 9 unspecified atom stereocenters. The molecule has 0 heterocycles. The van der Waals surface area contributed by atoms with Gasteiger partial charge in [-0.2, -0.15) is 12.5 Å². The molecule has 0 N–H and O–H groups in total. The van der Waals surface area contributed by atoms with Crippen LogP contribution in [0.3, 0.4) is 0 Å². The van der Waals surface area contributed by atoms with E-state index in [1.807, 2.05) is 0 Å². The Balaban J connectivity index is 1.31. The van der Waals surface area contributed by atoms with Gasteiger partial charge in [0.05, 0.1) is 0 Å². The van der Waals surface area contributed by atoms with Crippen LogP contribution in [-0.4, -0.2) is 0 Å². The van der Waals surface area contributed by atoms with E-state index < -0.39 is 0 Å². The summed E-state index contributed by atoms with van der Waals surface area (Å²) in [6.07, 6.45) is 31.3. The van der Waals surface area contributed by atoms with Crippen LogP contribution in [-0.2, 0) is 0 Å². The summed E-state index contributed by atoms with van der Waals surface area (Å²) in [6.45, 7) is 5.01. The highest BCUT2D eigenvalue weighted by Crippen LogP contribution is 2.55. The van der Waals surface area contributed by atoms with Gasteiger partial charge in [0, 0.05) is 0 Å². The van der Waals surface area contributed by atoms with E-state index in [2.05, 4.69) is 12.1 Å². The third-order valence-corrected chi connectivity index (χ3v) is 13.3. The van der Waals surface area contributed by atoms with Crippen LogP contribution in [0.5, 0.6) is 0 Å². The van der Waals surface area contributed by atoms with E-state index in [4.69, 9.17) is 6.92 Å². The molecule has 0 saturated heterocycles. The van der Waals surface area contributed by atoms with Crippen LogP contribution in [0.15, 0.2) is 12.1 Å². The van der Waals surface area contributed by atoms with Gasteiger partial charge in [0.2, 0.25) is 0 Å². The molecule has 0 aliphatic heterocycles. The van der Waals surface area contributed by atoms with Crippen molar-refractivity contribution in [2.75, 3.05) is 0 Å². The van der Waals surface area contributed by atoms with Crippen LogP contribution >= 0.6 is 0 Å². The zero-order chi connectivity index (χ0) is 24.8. The molecular formula is C37H55-. The quantitative estimate of drug-likeness (QED) is 0.363. The number of hydrogen-bond acceptors (Lipinski definition) is 0. The summed E-state index contributed by atoms with van der Waals surface area (Å²) < 4.78 is 0. The van der Waals surface area contributed by atoms with Crippen molar-refractivity contribution in [2.24, 2.45) is 35.5 Å². The van der Waals surface area contributed by atoms with Gasteiger partial charge in [-0.25, -0.2) is 0 Å². The van der Waals surface area contributed by atoms with Crippen LogP contribution in [0.4, 0.5) is 0 Å². The first kappa shape index (κ1) is 25.1. The summed E-state index contributed by atoms with van der Waals surface area (Å²) >= 11 is 0. The largest absolute Gasteiger partial charge is 0.198 e. The Morgan fingerprint density at radius 2 is 0.757 bits per heavy atom. The molecule has 0 aromatic heterocycles. The van der Waals surface area contributed by atoms with Gasteiger partial charge in [-0.1, -0.05) is 139 Å². The molecule has 0 nitrogen and oxygen atoms in total. The first-order chi connectivity index (χ1) is 18.3. The molecule has 9 atom stereocenters. The highest BCUT2D eigenvalue weighted by Gasteiger charge is 2.39. The van der Waals surface area contributed by atoms with Gasteiger partial charge in [-0.15, -0.1) is 23.3 Å². The van der Waals surface area contributed by atoms with E-state index in [1.54, 1.807) is 16.7 Å². The topological polar surface area (TPSA) is 0 Å². The van der Waals surface area contributed by atoms with Crippen molar-refractivity contribution in [3.8, 4) is 0 Å². The minimum Gasteiger partial charge on any atom is -0.198 e. The van der Waals surface area contributed by atoms with E-state index in [1.165, 1.54) is 140 Å². The maximum Gasteiger partial charge on any atom is -0.0151 e. The average Bonchev–Trinajstić information content (AvgIpc) is 2.96. The van der Waals surface area contributed by atoms with E-state index in [-0.39, 0.29) is 0 Å². The average molecular weight is 500 g/mol. The lowest BCUT2D eigenvalue weighted by molar-refractivity contribution is 0.138. The van der Waals surface area contributed by atoms with E-state index >= 15 is 0 Å². The fourth-order valence-corrected chi connectivity index (χ4v) is 11.6. The Labute approximate surface area is 229 Å². The van der Waals surface area contributed by atoms with Crippen LogP contribution < -0.4 is 0 Å². The smallest absolute Gasteiger partial charge is 0.0151 e. The van der Waals surface area contributed by atoms with Crippen molar-refractivity contribution in [2.45, 2.75) is 153 Å². The van der Waals surface area contributed by atoms with Crippen molar-refractivity contribution >= 4 is 0 Å². The lowest BCUT2D eigenvalue weighted by Crippen LogP contribution is -2.33. The van der Waals surface area contributed by atoms with Gasteiger partial charge in [-0.3, -0.25) is 0 Å². The highest BCUT2D eigenvalue weighted by atomic mass is 14.5. The van der Waals surface area contributed by atoms with Gasteiger partial charge >= 0.3 is 0 Å². The molecule has 6 aliphatic rings. The molecule has 0 amide bonds. The SMILES string of the molecule is [CH2-]c1c(C2CCCC3CCCCC32)cc(C2CCCC3CCCCC32)cc1C1CCCC2CCCCC21. The summed E-state index contributed by atoms with van der Waals surface area (Å²) in [5.74, 6) is 8.37. The van der Waals surface area contributed by atoms with E-state index in [9.17, 15) is 0 Å². The number of fused-ring (bicyclic) bond motifs is 3. The molecule has 6 fully saturated rings. The third-order valence-electron chi connectivity index (χ3n) is 13.3. The molecular weight excluding hydrogens is 444 g/mol. The Kier molecular flexibility index (Phi) is 7.41. The molecule has 0 radical (unpaired) electrons. The summed E-state index contributed by atoms with van der Waals surface area (Å²) in [7, 11) is 0. The number of hydrogen-bond donors (Lipinski definition) is 0. The van der Waals surface area contributed by atoms with Crippen LogP contribution in [0.2, 0.25) is 0 Å². The maximum atomic E-state index is 5.01. The zero-order valence-corrected chi connectivity index (χ0v) is 23.9. The molecule has 1 aromatic rings.